The Labute approximate surface area is 108 Å². The summed E-state index contributed by atoms with van der Waals surface area (Å²) in [6, 6.07) is 7.44. The minimum Gasteiger partial charge on any atom is -0.399 e. The summed E-state index contributed by atoms with van der Waals surface area (Å²) in [5.74, 6) is 1.39. The predicted octanol–water partition coefficient (Wildman–Crippen LogP) is 2.44. The summed E-state index contributed by atoms with van der Waals surface area (Å²) < 4.78 is 0. The highest BCUT2D eigenvalue weighted by molar-refractivity contribution is 5.91. The molecule has 0 radical (unpaired) electrons. The minimum absolute atomic E-state index is 0.0284. The lowest BCUT2D eigenvalue weighted by Crippen LogP contribution is -2.27. The Morgan fingerprint density at radius 3 is 2.72 bits per heavy atom. The number of nitrogens with one attached hydrogen (secondary N) is 1. The number of hydrogen-bond acceptors (Lipinski definition) is 2. The molecule has 1 atom stereocenters. The van der Waals surface area contributed by atoms with Crippen LogP contribution < -0.4 is 11.1 Å². The molecule has 0 spiro atoms. The first-order chi connectivity index (χ1) is 8.65. The van der Waals surface area contributed by atoms with E-state index >= 15 is 0 Å². The van der Waals surface area contributed by atoms with Crippen molar-refractivity contribution in [2.75, 3.05) is 12.3 Å². The van der Waals surface area contributed by atoms with Gasteiger partial charge in [0.1, 0.15) is 0 Å². The van der Waals surface area contributed by atoms with E-state index in [-0.39, 0.29) is 5.91 Å². The Morgan fingerprint density at radius 1 is 1.44 bits per heavy atom. The molecule has 1 aromatic rings. The molecule has 1 fully saturated rings. The fourth-order valence-electron chi connectivity index (χ4n) is 1.93. The molecule has 0 aromatic heterocycles. The monoisotopic (exact) mass is 244 g/mol. The molecule has 0 heterocycles. The maximum absolute atomic E-state index is 11.6. The highest BCUT2D eigenvalue weighted by Gasteiger charge is 2.27. The van der Waals surface area contributed by atoms with E-state index in [2.05, 4.69) is 12.2 Å². The Bertz CT molecular complexity index is 432. The topological polar surface area (TPSA) is 55.1 Å². The third-order valence-electron chi connectivity index (χ3n) is 3.39. The van der Waals surface area contributed by atoms with E-state index in [4.69, 9.17) is 5.73 Å². The fraction of sp³-hybridized carbons (Fsp3) is 0.400. The number of rotatable bonds is 5. The standard InChI is InChI=1S/C15H20N2O/c1-11(13-5-6-13)10-17-15(18)9-4-12-2-7-14(16)8-3-12/h2-4,7-9,11,13H,5-6,10,16H2,1H3,(H,17,18)/b9-4+. The van der Waals surface area contributed by atoms with Crippen LogP contribution in [0.15, 0.2) is 30.3 Å². The molecule has 3 N–H and O–H groups in total. The number of carbonyl (C=O) groups is 1. The van der Waals surface area contributed by atoms with Crippen LogP contribution in [0.2, 0.25) is 0 Å². The van der Waals surface area contributed by atoms with Gasteiger partial charge in [-0.2, -0.15) is 0 Å². The van der Waals surface area contributed by atoms with Gasteiger partial charge in [0, 0.05) is 18.3 Å². The summed E-state index contributed by atoms with van der Waals surface area (Å²) >= 11 is 0. The maximum atomic E-state index is 11.6. The molecule has 1 aliphatic carbocycles. The number of anilines is 1. The Kier molecular flexibility index (Phi) is 4.03. The Hall–Kier alpha value is -1.77. The highest BCUT2D eigenvalue weighted by atomic mass is 16.1. The summed E-state index contributed by atoms with van der Waals surface area (Å²) in [7, 11) is 0. The number of nitrogens with two attached hydrogens (primary N) is 1. The van der Waals surface area contributed by atoms with Gasteiger partial charge < -0.3 is 11.1 Å². The third-order valence-corrected chi connectivity index (χ3v) is 3.39. The molecule has 1 saturated carbocycles. The lowest BCUT2D eigenvalue weighted by molar-refractivity contribution is -0.116. The first kappa shape index (κ1) is 12.7. The molecular formula is C15H20N2O. The van der Waals surface area contributed by atoms with Crippen LogP contribution in [0.5, 0.6) is 0 Å². The molecular weight excluding hydrogens is 224 g/mol. The maximum Gasteiger partial charge on any atom is 0.244 e. The van der Waals surface area contributed by atoms with Gasteiger partial charge in [0.25, 0.3) is 0 Å². The number of amides is 1. The molecule has 0 saturated heterocycles. The molecule has 1 amide bonds. The van der Waals surface area contributed by atoms with E-state index < -0.39 is 0 Å². The summed E-state index contributed by atoms with van der Waals surface area (Å²) in [5.41, 5.74) is 7.31. The van der Waals surface area contributed by atoms with Crippen LogP contribution in [0, 0.1) is 11.8 Å². The molecule has 1 unspecified atom stereocenters. The lowest BCUT2D eigenvalue weighted by Gasteiger charge is -2.09. The average Bonchev–Trinajstić information content (AvgIpc) is 3.19. The zero-order valence-corrected chi connectivity index (χ0v) is 10.7. The SMILES string of the molecule is CC(CNC(=O)/C=C/c1ccc(N)cc1)C1CC1. The summed E-state index contributed by atoms with van der Waals surface area (Å²) in [6.07, 6.45) is 6.01. The van der Waals surface area contributed by atoms with Crippen LogP contribution >= 0.6 is 0 Å². The van der Waals surface area contributed by atoms with Crippen molar-refractivity contribution < 1.29 is 4.79 Å². The number of carbonyl (C=O) groups excluding carboxylic acids is 1. The van der Waals surface area contributed by atoms with E-state index in [9.17, 15) is 4.79 Å². The first-order valence-corrected chi connectivity index (χ1v) is 6.46. The van der Waals surface area contributed by atoms with Gasteiger partial charge in [-0.3, -0.25) is 4.79 Å². The molecule has 18 heavy (non-hydrogen) atoms. The Balaban J connectivity index is 1.77. The van der Waals surface area contributed by atoms with E-state index in [1.807, 2.05) is 24.3 Å². The van der Waals surface area contributed by atoms with Crippen LogP contribution in [0.25, 0.3) is 6.08 Å². The van der Waals surface area contributed by atoms with Gasteiger partial charge >= 0.3 is 0 Å². The second-order valence-electron chi connectivity index (χ2n) is 5.06. The molecule has 96 valence electrons. The molecule has 1 aliphatic rings. The number of hydrogen-bond donors (Lipinski definition) is 2. The van der Waals surface area contributed by atoms with Gasteiger partial charge in [0.05, 0.1) is 0 Å². The largest absolute Gasteiger partial charge is 0.399 e. The van der Waals surface area contributed by atoms with Crippen molar-refractivity contribution in [3.63, 3.8) is 0 Å². The van der Waals surface area contributed by atoms with Crippen molar-refractivity contribution in [1.29, 1.82) is 0 Å². The van der Waals surface area contributed by atoms with Gasteiger partial charge in [0.15, 0.2) is 0 Å². The van der Waals surface area contributed by atoms with Crippen molar-refractivity contribution in [1.82, 2.24) is 5.32 Å². The molecule has 0 bridgehead atoms. The molecule has 1 aromatic carbocycles. The second kappa shape index (κ2) is 5.71. The lowest BCUT2D eigenvalue weighted by atomic mass is 10.1. The predicted molar refractivity (Wildman–Crippen MR) is 74.8 cm³/mol. The van der Waals surface area contributed by atoms with Crippen LogP contribution in [0.3, 0.4) is 0 Å². The van der Waals surface area contributed by atoms with Crippen molar-refractivity contribution in [2.45, 2.75) is 19.8 Å². The summed E-state index contributed by atoms with van der Waals surface area (Å²) in [4.78, 5) is 11.6. The smallest absolute Gasteiger partial charge is 0.244 e. The van der Waals surface area contributed by atoms with Crippen LogP contribution in [-0.2, 0) is 4.79 Å². The van der Waals surface area contributed by atoms with E-state index in [1.54, 1.807) is 12.2 Å². The number of benzene rings is 1. The van der Waals surface area contributed by atoms with Crippen molar-refractivity contribution in [3.8, 4) is 0 Å². The molecule has 0 aliphatic heterocycles. The fourth-order valence-corrected chi connectivity index (χ4v) is 1.93. The van der Waals surface area contributed by atoms with E-state index in [0.717, 1.165) is 23.7 Å². The molecule has 3 heteroatoms. The first-order valence-electron chi connectivity index (χ1n) is 6.46. The highest BCUT2D eigenvalue weighted by Crippen LogP contribution is 2.35. The van der Waals surface area contributed by atoms with Crippen LogP contribution in [-0.4, -0.2) is 12.5 Å². The van der Waals surface area contributed by atoms with Crippen LogP contribution in [0.1, 0.15) is 25.3 Å². The normalized spacial score (nSPS) is 16.7. The molecule has 3 nitrogen and oxygen atoms in total. The summed E-state index contributed by atoms with van der Waals surface area (Å²) in [6.45, 7) is 2.97. The van der Waals surface area contributed by atoms with Gasteiger partial charge in [-0.05, 0) is 48.4 Å². The average molecular weight is 244 g/mol. The Morgan fingerprint density at radius 2 is 2.11 bits per heavy atom. The van der Waals surface area contributed by atoms with Crippen molar-refractivity contribution >= 4 is 17.7 Å². The van der Waals surface area contributed by atoms with Crippen molar-refractivity contribution in [2.24, 2.45) is 11.8 Å². The zero-order chi connectivity index (χ0) is 13.0. The van der Waals surface area contributed by atoms with Crippen LogP contribution in [0.4, 0.5) is 5.69 Å². The number of nitrogen functional groups attached to an aromatic ring is 1. The van der Waals surface area contributed by atoms with Gasteiger partial charge in [-0.15, -0.1) is 0 Å². The zero-order valence-electron chi connectivity index (χ0n) is 10.7. The third kappa shape index (κ3) is 3.91. The van der Waals surface area contributed by atoms with E-state index in [1.165, 1.54) is 12.8 Å². The van der Waals surface area contributed by atoms with E-state index in [0.29, 0.717) is 5.92 Å². The second-order valence-corrected chi connectivity index (χ2v) is 5.06. The van der Waals surface area contributed by atoms with Crippen molar-refractivity contribution in [3.05, 3.63) is 35.9 Å². The van der Waals surface area contributed by atoms with Gasteiger partial charge in [-0.1, -0.05) is 19.1 Å². The minimum atomic E-state index is -0.0284. The summed E-state index contributed by atoms with van der Waals surface area (Å²) in [5, 5.41) is 2.93. The quantitative estimate of drug-likeness (QED) is 0.617. The van der Waals surface area contributed by atoms with Gasteiger partial charge in [-0.25, -0.2) is 0 Å². The van der Waals surface area contributed by atoms with Gasteiger partial charge in [0.2, 0.25) is 5.91 Å². The molecule has 2 rings (SSSR count).